The molecule has 2 rings (SSSR count). The molecule has 0 unspecified atom stereocenters. The molecule has 25 heavy (non-hydrogen) atoms. The zero-order chi connectivity index (χ0) is 18.6. The lowest BCUT2D eigenvalue weighted by Gasteiger charge is -2.21. The van der Waals surface area contributed by atoms with Crippen LogP contribution in [0.15, 0.2) is 48.5 Å². The summed E-state index contributed by atoms with van der Waals surface area (Å²) >= 11 is 0. The number of benzene rings is 2. The average Bonchev–Trinajstić information content (AvgIpc) is 2.61. The van der Waals surface area contributed by atoms with Crippen molar-refractivity contribution in [2.75, 3.05) is 7.11 Å². The maximum atomic E-state index is 12.4. The molecule has 0 radical (unpaired) electrons. The largest absolute Gasteiger partial charge is 0.371 e. The molecule has 132 valence electrons. The highest BCUT2D eigenvalue weighted by molar-refractivity contribution is 6.02. The minimum atomic E-state index is -0.819. The van der Waals surface area contributed by atoms with E-state index in [1.54, 1.807) is 21.0 Å². The van der Waals surface area contributed by atoms with Gasteiger partial charge in [-0.25, -0.2) is 0 Å². The number of methoxy groups -OCH3 is 1. The Kier molecular flexibility index (Phi) is 5.91. The van der Waals surface area contributed by atoms with E-state index in [0.29, 0.717) is 5.56 Å². The molecule has 0 aliphatic rings. The van der Waals surface area contributed by atoms with Gasteiger partial charge in [-0.1, -0.05) is 62.4 Å². The first-order chi connectivity index (χ1) is 11.7. The van der Waals surface area contributed by atoms with Gasteiger partial charge in [0.15, 0.2) is 11.6 Å². The van der Waals surface area contributed by atoms with Crippen molar-refractivity contribution >= 4 is 11.6 Å². The van der Waals surface area contributed by atoms with Crippen LogP contribution in [0.1, 0.15) is 59.5 Å². The van der Waals surface area contributed by atoms with Crippen LogP contribution in [-0.2, 0) is 11.2 Å². The highest BCUT2D eigenvalue weighted by Gasteiger charge is 2.27. The molecule has 0 aliphatic carbocycles. The van der Waals surface area contributed by atoms with Gasteiger partial charge in [0.25, 0.3) is 0 Å². The molecule has 0 heterocycles. The van der Waals surface area contributed by atoms with E-state index in [1.165, 1.54) is 0 Å². The SMILES string of the molecule is COC(C)(C)C(=O)c1ccc(Cc2ccc(C(=O)C(C)C)cc2)cc1. The number of hydrogen-bond donors (Lipinski definition) is 0. The van der Waals surface area contributed by atoms with Crippen molar-refractivity contribution in [1.82, 2.24) is 0 Å². The van der Waals surface area contributed by atoms with Crippen LogP contribution in [-0.4, -0.2) is 24.3 Å². The minimum Gasteiger partial charge on any atom is -0.371 e. The molecule has 0 bridgehead atoms. The van der Waals surface area contributed by atoms with Crippen molar-refractivity contribution in [1.29, 1.82) is 0 Å². The van der Waals surface area contributed by atoms with Crippen molar-refractivity contribution in [3.8, 4) is 0 Å². The Morgan fingerprint density at radius 1 is 0.880 bits per heavy atom. The first-order valence-corrected chi connectivity index (χ1v) is 8.56. The lowest BCUT2D eigenvalue weighted by Crippen LogP contribution is -2.33. The summed E-state index contributed by atoms with van der Waals surface area (Å²) in [7, 11) is 1.54. The highest BCUT2D eigenvalue weighted by Crippen LogP contribution is 2.18. The second-order valence-corrected chi connectivity index (χ2v) is 7.13. The number of Topliss-reactive ketones (excluding diaryl/α,β-unsaturated/α-hetero) is 2. The van der Waals surface area contributed by atoms with Gasteiger partial charge in [-0.15, -0.1) is 0 Å². The molecule has 2 aromatic carbocycles. The van der Waals surface area contributed by atoms with Crippen LogP contribution in [0, 0.1) is 5.92 Å². The number of ketones is 2. The van der Waals surface area contributed by atoms with Gasteiger partial charge in [0, 0.05) is 24.2 Å². The van der Waals surface area contributed by atoms with Gasteiger partial charge >= 0.3 is 0 Å². The Bertz CT molecular complexity index is 738. The van der Waals surface area contributed by atoms with Crippen LogP contribution in [0.3, 0.4) is 0 Å². The van der Waals surface area contributed by atoms with Crippen LogP contribution in [0.5, 0.6) is 0 Å². The van der Waals surface area contributed by atoms with Crippen molar-refractivity contribution in [3.05, 3.63) is 70.8 Å². The fourth-order valence-electron chi connectivity index (χ4n) is 2.57. The normalized spacial score (nSPS) is 11.6. The van der Waals surface area contributed by atoms with Gasteiger partial charge < -0.3 is 4.74 Å². The van der Waals surface area contributed by atoms with E-state index in [-0.39, 0.29) is 17.5 Å². The molecule has 3 nitrogen and oxygen atoms in total. The van der Waals surface area contributed by atoms with Crippen LogP contribution >= 0.6 is 0 Å². The van der Waals surface area contributed by atoms with Crippen LogP contribution in [0.25, 0.3) is 0 Å². The zero-order valence-electron chi connectivity index (χ0n) is 15.6. The van der Waals surface area contributed by atoms with Gasteiger partial charge in [0.1, 0.15) is 5.60 Å². The van der Waals surface area contributed by atoms with Crippen LogP contribution in [0.2, 0.25) is 0 Å². The number of ether oxygens (including phenoxy) is 1. The van der Waals surface area contributed by atoms with Gasteiger partial charge in [-0.05, 0) is 31.4 Å². The molecule has 0 amide bonds. The molecule has 0 atom stereocenters. The molecule has 0 N–H and O–H groups in total. The second-order valence-electron chi connectivity index (χ2n) is 7.13. The third-order valence-electron chi connectivity index (χ3n) is 4.44. The molecule has 0 saturated carbocycles. The Balaban J connectivity index is 2.09. The van der Waals surface area contributed by atoms with E-state index in [1.807, 2.05) is 62.4 Å². The quantitative estimate of drug-likeness (QED) is 0.686. The Morgan fingerprint density at radius 2 is 1.32 bits per heavy atom. The Labute approximate surface area is 150 Å². The van der Waals surface area contributed by atoms with Crippen molar-refractivity contribution in [2.45, 2.75) is 39.7 Å². The Hall–Kier alpha value is -2.26. The number of carbonyl (C=O) groups is 2. The molecule has 0 saturated heterocycles. The topological polar surface area (TPSA) is 43.4 Å². The maximum Gasteiger partial charge on any atom is 0.194 e. The number of hydrogen-bond acceptors (Lipinski definition) is 3. The van der Waals surface area contributed by atoms with Gasteiger partial charge in [-0.3, -0.25) is 9.59 Å². The molecule has 0 aromatic heterocycles. The summed E-state index contributed by atoms with van der Waals surface area (Å²) in [6.07, 6.45) is 0.762. The Morgan fingerprint density at radius 3 is 1.72 bits per heavy atom. The first-order valence-electron chi connectivity index (χ1n) is 8.56. The average molecular weight is 338 g/mol. The van der Waals surface area contributed by atoms with E-state index in [4.69, 9.17) is 4.74 Å². The molecular weight excluding hydrogens is 312 g/mol. The number of carbonyl (C=O) groups excluding carboxylic acids is 2. The molecule has 2 aromatic rings. The van der Waals surface area contributed by atoms with Crippen LogP contribution in [0.4, 0.5) is 0 Å². The fourth-order valence-corrected chi connectivity index (χ4v) is 2.57. The standard InChI is InChI=1S/C22H26O3/c1-15(2)20(23)18-10-6-16(7-11-18)14-17-8-12-19(13-9-17)21(24)22(3,4)25-5/h6-13,15H,14H2,1-5H3. The molecule has 0 spiro atoms. The van der Waals surface area contributed by atoms with E-state index in [0.717, 1.165) is 23.1 Å². The van der Waals surface area contributed by atoms with Crippen molar-refractivity contribution < 1.29 is 14.3 Å². The summed E-state index contributed by atoms with van der Waals surface area (Å²) in [5.74, 6) is 0.139. The van der Waals surface area contributed by atoms with E-state index in [9.17, 15) is 9.59 Å². The molecular formula is C22H26O3. The van der Waals surface area contributed by atoms with E-state index >= 15 is 0 Å². The van der Waals surface area contributed by atoms with Crippen LogP contribution < -0.4 is 0 Å². The summed E-state index contributed by atoms with van der Waals surface area (Å²) in [6, 6.07) is 15.4. The lowest BCUT2D eigenvalue weighted by atomic mass is 9.94. The van der Waals surface area contributed by atoms with Crippen molar-refractivity contribution in [2.24, 2.45) is 5.92 Å². The third kappa shape index (κ3) is 4.64. The van der Waals surface area contributed by atoms with E-state index < -0.39 is 5.60 Å². The summed E-state index contributed by atoms with van der Waals surface area (Å²) in [4.78, 5) is 24.3. The molecule has 3 heteroatoms. The smallest absolute Gasteiger partial charge is 0.194 e. The maximum absolute atomic E-state index is 12.4. The van der Waals surface area contributed by atoms with Crippen molar-refractivity contribution in [3.63, 3.8) is 0 Å². The summed E-state index contributed by atoms with van der Waals surface area (Å²) < 4.78 is 5.25. The summed E-state index contributed by atoms with van der Waals surface area (Å²) in [5, 5.41) is 0. The molecule has 0 fully saturated rings. The zero-order valence-corrected chi connectivity index (χ0v) is 15.6. The molecule has 0 aliphatic heterocycles. The first kappa shape index (κ1) is 19.1. The highest BCUT2D eigenvalue weighted by atomic mass is 16.5. The lowest BCUT2D eigenvalue weighted by molar-refractivity contribution is 0.0228. The summed E-state index contributed by atoms with van der Waals surface area (Å²) in [5.41, 5.74) is 2.83. The fraction of sp³-hybridized carbons (Fsp3) is 0.364. The van der Waals surface area contributed by atoms with E-state index in [2.05, 4.69) is 0 Å². The predicted octanol–water partition coefficient (Wildman–Crippen LogP) is 4.72. The summed E-state index contributed by atoms with van der Waals surface area (Å²) in [6.45, 7) is 7.35. The monoisotopic (exact) mass is 338 g/mol. The number of rotatable bonds is 7. The van der Waals surface area contributed by atoms with Gasteiger partial charge in [0.05, 0.1) is 0 Å². The second kappa shape index (κ2) is 7.75. The third-order valence-corrected chi connectivity index (χ3v) is 4.44. The van der Waals surface area contributed by atoms with Gasteiger partial charge in [0.2, 0.25) is 0 Å². The minimum absolute atomic E-state index is 0.00674. The van der Waals surface area contributed by atoms with Gasteiger partial charge in [-0.2, -0.15) is 0 Å². The predicted molar refractivity (Wildman–Crippen MR) is 100 cm³/mol.